The van der Waals surface area contributed by atoms with Crippen molar-refractivity contribution in [2.75, 3.05) is 6.61 Å². The smallest absolute Gasteiger partial charge is 0.261 e. The topological polar surface area (TPSA) is 58.6 Å². The van der Waals surface area contributed by atoms with Gasteiger partial charge < -0.3 is 15.0 Å². The van der Waals surface area contributed by atoms with Crippen LogP contribution in [0.15, 0.2) is 53.0 Å². The molecule has 0 saturated heterocycles. The second kappa shape index (κ2) is 9.92. The monoisotopic (exact) mass is 460 g/mol. The van der Waals surface area contributed by atoms with Crippen molar-refractivity contribution in [3.05, 3.63) is 64.1 Å². The maximum Gasteiger partial charge on any atom is 0.261 e. The first-order valence-electron chi connectivity index (χ1n) is 9.61. The molecule has 0 fully saturated rings. The molecule has 2 amide bonds. The standard InChI is InChI=1S/C23H29BrN2O3/c1-16-8-6-7-9-20(16)29-15-21(27)26(14-18-10-12-19(24)13-11-18)17(2)22(28)25-23(3,4)5/h6-13,17H,14-15H2,1-5H3,(H,25,28)/t17-/m0/s1. The first-order valence-corrected chi connectivity index (χ1v) is 10.4. The van der Waals surface area contributed by atoms with Crippen LogP contribution in [-0.4, -0.2) is 34.9 Å². The third kappa shape index (κ3) is 7.20. The molecule has 0 bridgehead atoms. The maximum absolute atomic E-state index is 13.0. The summed E-state index contributed by atoms with van der Waals surface area (Å²) in [6, 6.07) is 14.6. The fourth-order valence-corrected chi connectivity index (χ4v) is 3.05. The molecule has 0 unspecified atom stereocenters. The predicted octanol–water partition coefficient (Wildman–Crippen LogP) is 4.47. The molecule has 6 heteroatoms. The lowest BCUT2D eigenvalue weighted by molar-refractivity contribution is -0.142. The van der Waals surface area contributed by atoms with Crippen molar-refractivity contribution < 1.29 is 14.3 Å². The number of rotatable bonds is 7. The van der Waals surface area contributed by atoms with Crippen LogP contribution in [0.4, 0.5) is 0 Å². The van der Waals surface area contributed by atoms with E-state index < -0.39 is 6.04 Å². The highest BCUT2D eigenvalue weighted by atomic mass is 79.9. The van der Waals surface area contributed by atoms with Gasteiger partial charge in [0.15, 0.2) is 6.61 Å². The molecule has 0 aromatic heterocycles. The van der Waals surface area contributed by atoms with Crippen LogP contribution in [0, 0.1) is 6.92 Å². The molecule has 5 nitrogen and oxygen atoms in total. The van der Waals surface area contributed by atoms with Gasteiger partial charge in [-0.05, 0) is 63.9 Å². The number of halogens is 1. The Morgan fingerprint density at radius 2 is 1.72 bits per heavy atom. The van der Waals surface area contributed by atoms with Crippen molar-refractivity contribution in [3.63, 3.8) is 0 Å². The van der Waals surface area contributed by atoms with E-state index in [0.717, 1.165) is 15.6 Å². The lowest BCUT2D eigenvalue weighted by Gasteiger charge is -2.31. The molecule has 0 saturated carbocycles. The molecule has 2 aromatic carbocycles. The van der Waals surface area contributed by atoms with Gasteiger partial charge in [-0.2, -0.15) is 0 Å². The first-order chi connectivity index (χ1) is 13.6. The zero-order valence-electron chi connectivity index (χ0n) is 17.7. The average molecular weight is 461 g/mol. The van der Waals surface area contributed by atoms with Crippen molar-refractivity contribution in [1.82, 2.24) is 10.2 Å². The molecule has 1 N–H and O–H groups in total. The number of para-hydroxylation sites is 1. The number of carbonyl (C=O) groups is 2. The number of amides is 2. The van der Waals surface area contributed by atoms with Crippen LogP contribution in [0.3, 0.4) is 0 Å². The van der Waals surface area contributed by atoms with Crippen LogP contribution >= 0.6 is 15.9 Å². The molecule has 29 heavy (non-hydrogen) atoms. The summed E-state index contributed by atoms with van der Waals surface area (Å²) in [5.74, 6) is 0.225. The Labute approximate surface area is 181 Å². The van der Waals surface area contributed by atoms with E-state index in [1.165, 1.54) is 0 Å². The number of hydrogen-bond acceptors (Lipinski definition) is 3. The molecule has 0 heterocycles. The Kier molecular flexibility index (Phi) is 7.85. The van der Waals surface area contributed by atoms with E-state index in [1.54, 1.807) is 11.8 Å². The summed E-state index contributed by atoms with van der Waals surface area (Å²) in [5, 5.41) is 2.95. The zero-order valence-corrected chi connectivity index (χ0v) is 19.2. The fraction of sp³-hybridized carbons (Fsp3) is 0.391. The first kappa shape index (κ1) is 22.9. The van der Waals surface area contributed by atoms with Crippen molar-refractivity contribution in [1.29, 1.82) is 0 Å². The molecule has 0 spiro atoms. The number of aryl methyl sites for hydroxylation is 1. The van der Waals surface area contributed by atoms with Gasteiger partial charge in [0.2, 0.25) is 5.91 Å². The minimum Gasteiger partial charge on any atom is -0.484 e. The minimum atomic E-state index is -0.633. The highest BCUT2D eigenvalue weighted by molar-refractivity contribution is 9.10. The quantitative estimate of drug-likeness (QED) is 0.662. The van der Waals surface area contributed by atoms with E-state index in [-0.39, 0.29) is 24.0 Å². The van der Waals surface area contributed by atoms with Crippen LogP contribution in [0.25, 0.3) is 0 Å². The number of hydrogen-bond donors (Lipinski definition) is 1. The summed E-state index contributed by atoms with van der Waals surface area (Å²) in [5.41, 5.74) is 1.51. The molecule has 0 aliphatic carbocycles. The number of nitrogens with one attached hydrogen (secondary N) is 1. The fourth-order valence-electron chi connectivity index (χ4n) is 2.78. The van der Waals surface area contributed by atoms with Crippen LogP contribution < -0.4 is 10.1 Å². The molecule has 0 radical (unpaired) electrons. The maximum atomic E-state index is 13.0. The number of nitrogens with zero attached hydrogens (tertiary/aromatic N) is 1. The number of ether oxygens (including phenoxy) is 1. The van der Waals surface area contributed by atoms with E-state index in [9.17, 15) is 9.59 Å². The molecule has 2 rings (SSSR count). The second-order valence-electron chi connectivity index (χ2n) is 8.12. The van der Waals surface area contributed by atoms with Gasteiger partial charge >= 0.3 is 0 Å². The van der Waals surface area contributed by atoms with E-state index >= 15 is 0 Å². The van der Waals surface area contributed by atoms with Crippen LogP contribution in [0.2, 0.25) is 0 Å². The summed E-state index contributed by atoms with van der Waals surface area (Å²) in [6.45, 7) is 9.61. The summed E-state index contributed by atoms with van der Waals surface area (Å²) >= 11 is 3.42. The summed E-state index contributed by atoms with van der Waals surface area (Å²) in [4.78, 5) is 27.3. The Balaban J connectivity index is 2.18. The van der Waals surface area contributed by atoms with Gasteiger partial charge in [0.25, 0.3) is 5.91 Å². The third-order valence-electron chi connectivity index (χ3n) is 4.38. The Morgan fingerprint density at radius 1 is 1.10 bits per heavy atom. The summed E-state index contributed by atoms with van der Waals surface area (Å²) in [6.07, 6.45) is 0. The van der Waals surface area contributed by atoms with Gasteiger partial charge in [-0.25, -0.2) is 0 Å². The van der Waals surface area contributed by atoms with Crippen molar-refractivity contribution >= 4 is 27.7 Å². The van der Waals surface area contributed by atoms with E-state index in [1.807, 2.05) is 76.2 Å². The summed E-state index contributed by atoms with van der Waals surface area (Å²) in [7, 11) is 0. The zero-order chi connectivity index (χ0) is 21.6. The predicted molar refractivity (Wildman–Crippen MR) is 119 cm³/mol. The van der Waals surface area contributed by atoms with Gasteiger partial charge in [-0.3, -0.25) is 9.59 Å². The lowest BCUT2D eigenvalue weighted by Crippen LogP contribution is -2.53. The Hall–Kier alpha value is -2.34. The minimum absolute atomic E-state index is 0.130. The van der Waals surface area contributed by atoms with Crippen molar-refractivity contribution in [2.45, 2.75) is 52.7 Å². The second-order valence-corrected chi connectivity index (χ2v) is 9.03. The highest BCUT2D eigenvalue weighted by Gasteiger charge is 2.28. The summed E-state index contributed by atoms with van der Waals surface area (Å²) < 4.78 is 6.70. The number of benzene rings is 2. The Bertz CT molecular complexity index is 844. The van der Waals surface area contributed by atoms with Crippen molar-refractivity contribution in [3.8, 4) is 5.75 Å². The third-order valence-corrected chi connectivity index (χ3v) is 4.91. The Morgan fingerprint density at radius 3 is 2.31 bits per heavy atom. The van der Waals surface area contributed by atoms with Crippen LogP contribution in [0.1, 0.15) is 38.8 Å². The molecule has 156 valence electrons. The molecular formula is C23H29BrN2O3. The van der Waals surface area contributed by atoms with Gasteiger partial charge in [0.1, 0.15) is 11.8 Å². The molecule has 2 aromatic rings. The lowest BCUT2D eigenvalue weighted by atomic mass is 10.1. The van der Waals surface area contributed by atoms with Gasteiger partial charge in [-0.15, -0.1) is 0 Å². The average Bonchev–Trinajstić information content (AvgIpc) is 2.64. The molecule has 0 aliphatic heterocycles. The number of carbonyl (C=O) groups excluding carboxylic acids is 2. The molecule has 0 aliphatic rings. The van der Waals surface area contributed by atoms with Crippen LogP contribution in [-0.2, 0) is 16.1 Å². The van der Waals surface area contributed by atoms with Gasteiger partial charge in [0.05, 0.1) is 0 Å². The normalized spacial score (nSPS) is 12.2. The van der Waals surface area contributed by atoms with E-state index in [0.29, 0.717) is 12.3 Å². The van der Waals surface area contributed by atoms with Gasteiger partial charge in [0, 0.05) is 16.6 Å². The molecular weight excluding hydrogens is 432 g/mol. The van der Waals surface area contributed by atoms with Crippen LogP contribution in [0.5, 0.6) is 5.75 Å². The van der Waals surface area contributed by atoms with E-state index in [4.69, 9.17) is 4.74 Å². The van der Waals surface area contributed by atoms with E-state index in [2.05, 4.69) is 21.2 Å². The van der Waals surface area contributed by atoms with Crippen molar-refractivity contribution in [2.24, 2.45) is 0 Å². The largest absolute Gasteiger partial charge is 0.484 e. The molecule has 1 atom stereocenters. The van der Waals surface area contributed by atoms with Gasteiger partial charge in [-0.1, -0.05) is 46.3 Å². The SMILES string of the molecule is Cc1ccccc1OCC(=O)N(Cc1ccc(Br)cc1)[C@@H](C)C(=O)NC(C)(C)C. The highest BCUT2D eigenvalue weighted by Crippen LogP contribution is 2.18.